The van der Waals surface area contributed by atoms with Crippen molar-refractivity contribution < 1.29 is 13.5 Å². The van der Waals surface area contributed by atoms with Gasteiger partial charge in [0, 0.05) is 16.5 Å². The monoisotopic (exact) mass is 284 g/mol. The summed E-state index contributed by atoms with van der Waals surface area (Å²) in [6.07, 6.45) is 3.06. The second kappa shape index (κ2) is 5.05. The van der Waals surface area contributed by atoms with E-state index in [-0.39, 0.29) is 11.5 Å². The van der Waals surface area contributed by atoms with Crippen LogP contribution in [0.1, 0.15) is 10.4 Å². The van der Waals surface area contributed by atoms with E-state index in [2.05, 4.69) is 9.71 Å². The Morgan fingerprint density at radius 1 is 1.50 bits per heavy atom. The number of thiophene rings is 1. The Balaban J connectivity index is 2.30. The van der Waals surface area contributed by atoms with Gasteiger partial charge in [-0.2, -0.15) is 0 Å². The smallest absolute Gasteiger partial charge is 0.262 e. The number of hydrogen-bond acceptors (Lipinski definition) is 5. The molecule has 0 spiro atoms. The number of nitrogens with one attached hydrogen (secondary N) is 1. The van der Waals surface area contributed by atoms with Gasteiger partial charge in [0.05, 0.1) is 23.4 Å². The zero-order valence-electron chi connectivity index (χ0n) is 9.62. The summed E-state index contributed by atoms with van der Waals surface area (Å²) in [5.41, 5.74) is 1.25. The molecule has 0 bridgehead atoms. The first-order valence-electron chi connectivity index (χ1n) is 5.14. The molecular weight excluding hydrogens is 272 g/mol. The molecule has 2 aromatic rings. The Hall–Kier alpha value is -1.44. The first-order chi connectivity index (χ1) is 8.53. The number of aliphatic hydroxyl groups excluding tert-OH is 1. The average molecular weight is 284 g/mol. The Bertz CT molecular complexity index is 650. The number of pyridine rings is 1. The number of aliphatic hydroxyl groups is 1. The molecule has 18 heavy (non-hydrogen) atoms. The number of rotatable bonds is 4. The molecule has 0 aliphatic heterocycles. The van der Waals surface area contributed by atoms with Gasteiger partial charge in [-0.3, -0.25) is 9.71 Å². The van der Waals surface area contributed by atoms with Crippen molar-refractivity contribution in [1.82, 2.24) is 4.98 Å². The molecule has 0 amide bonds. The second-order valence-corrected chi connectivity index (χ2v) is 6.38. The van der Waals surface area contributed by atoms with Crippen LogP contribution in [0.5, 0.6) is 0 Å². The van der Waals surface area contributed by atoms with Gasteiger partial charge in [0.2, 0.25) is 0 Å². The summed E-state index contributed by atoms with van der Waals surface area (Å²) in [5.74, 6) is 0. The third-order valence-electron chi connectivity index (χ3n) is 2.38. The van der Waals surface area contributed by atoms with Crippen LogP contribution < -0.4 is 4.72 Å². The minimum atomic E-state index is -3.62. The summed E-state index contributed by atoms with van der Waals surface area (Å²) in [6.45, 7) is 1.64. The lowest BCUT2D eigenvalue weighted by molar-refractivity contribution is 0.285. The van der Waals surface area contributed by atoms with Gasteiger partial charge in [-0.15, -0.1) is 11.3 Å². The van der Waals surface area contributed by atoms with Crippen molar-refractivity contribution in [3.63, 3.8) is 0 Å². The maximum atomic E-state index is 12.1. The van der Waals surface area contributed by atoms with Gasteiger partial charge in [-0.1, -0.05) is 0 Å². The summed E-state index contributed by atoms with van der Waals surface area (Å²) in [6, 6.07) is 3.18. The third-order valence-corrected chi connectivity index (χ3v) is 4.79. The van der Waals surface area contributed by atoms with E-state index in [9.17, 15) is 8.42 Å². The van der Waals surface area contributed by atoms with Crippen molar-refractivity contribution in [3.05, 3.63) is 40.3 Å². The van der Waals surface area contributed by atoms with Crippen molar-refractivity contribution >= 4 is 27.0 Å². The van der Waals surface area contributed by atoms with Crippen molar-refractivity contribution in [1.29, 1.82) is 0 Å². The van der Waals surface area contributed by atoms with Crippen LogP contribution in [0, 0.1) is 6.92 Å². The zero-order chi connectivity index (χ0) is 13.2. The highest BCUT2D eigenvalue weighted by Gasteiger charge is 2.17. The van der Waals surface area contributed by atoms with Crippen LogP contribution in [-0.2, 0) is 16.6 Å². The van der Waals surface area contributed by atoms with Crippen LogP contribution in [0.15, 0.2) is 34.8 Å². The van der Waals surface area contributed by atoms with Gasteiger partial charge in [0.15, 0.2) is 0 Å². The first-order valence-corrected chi connectivity index (χ1v) is 7.51. The molecule has 5 nitrogen and oxygen atoms in total. The maximum Gasteiger partial charge on any atom is 0.262 e. The van der Waals surface area contributed by atoms with Gasteiger partial charge >= 0.3 is 0 Å². The van der Waals surface area contributed by atoms with Gasteiger partial charge < -0.3 is 5.11 Å². The van der Waals surface area contributed by atoms with Crippen LogP contribution in [0.2, 0.25) is 0 Å². The largest absolute Gasteiger partial charge is 0.391 e. The summed E-state index contributed by atoms with van der Waals surface area (Å²) < 4.78 is 26.6. The van der Waals surface area contributed by atoms with E-state index < -0.39 is 10.0 Å². The van der Waals surface area contributed by atoms with Crippen LogP contribution in [-0.4, -0.2) is 18.5 Å². The molecule has 0 aliphatic rings. The first kappa shape index (κ1) is 13.0. The molecule has 0 atom stereocenters. The van der Waals surface area contributed by atoms with E-state index in [1.165, 1.54) is 29.0 Å². The molecular formula is C11H12N2O3S2. The minimum absolute atomic E-state index is 0.153. The predicted molar refractivity (Wildman–Crippen MR) is 70.0 cm³/mol. The van der Waals surface area contributed by atoms with Crippen molar-refractivity contribution in [2.75, 3.05) is 4.72 Å². The molecule has 7 heteroatoms. The number of sulfonamides is 1. The Morgan fingerprint density at radius 2 is 2.28 bits per heavy atom. The number of aromatic nitrogens is 1. The maximum absolute atomic E-state index is 12.1. The van der Waals surface area contributed by atoms with E-state index in [0.717, 1.165) is 5.56 Å². The van der Waals surface area contributed by atoms with Crippen molar-refractivity contribution in [3.8, 4) is 0 Å². The van der Waals surface area contributed by atoms with E-state index in [1.54, 1.807) is 19.2 Å². The predicted octanol–water partition coefficient (Wildman–Crippen LogP) is 1.74. The lowest BCUT2D eigenvalue weighted by atomic mass is 10.3. The van der Waals surface area contributed by atoms with Gasteiger partial charge in [-0.05, 0) is 24.6 Å². The van der Waals surface area contributed by atoms with Crippen LogP contribution in [0.3, 0.4) is 0 Å². The Labute approximate surface area is 109 Å². The molecule has 0 saturated heterocycles. The van der Waals surface area contributed by atoms with Crippen LogP contribution in [0.4, 0.5) is 5.69 Å². The summed E-state index contributed by atoms with van der Waals surface area (Å²) in [4.78, 5) is 4.64. The molecule has 0 fully saturated rings. The highest BCUT2D eigenvalue weighted by Crippen LogP contribution is 2.22. The fourth-order valence-corrected chi connectivity index (χ4v) is 3.61. The normalized spacial score (nSPS) is 11.4. The zero-order valence-corrected chi connectivity index (χ0v) is 11.3. The summed E-state index contributed by atoms with van der Waals surface area (Å²) >= 11 is 1.21. The van der Waals surface area contributed by atoms with Gasteiger partial charge in [-0.25, -0.2) is 8.42 Å². The van der Waals surface area contributed by atoms with Crippen molar-refractivity contribution in [2.24, 2.45) is 0 Å². The topological polar surface area (TPSA) is 79.3 Å². The van der Waals surface area contributed by atoms with Gasteiger partial charge in [0.25, 0.3) is 10.0 Å². The number of hydrogen-bond donors (Lipinski definition) is 2. The number of nitrogens with zero attached hydrogens (tertiary/aromatic N) is 1. The number of aryl methyl sites for hydroxylation is 1. The standard InChI is InChI=1S/C11H12N2O3S2/c1-8-2-3-12-5-11(8)13-18(15,16)10-4-9(6-14)17-7-10/h2-5,7,13-14H,6H2,1H3. The van der Waals surface area contributed by atoms with Crippen LogP contribution >= 0.6 is 11.3 Å². The second-order valence-electron chi connectivity index (χ2n) is 3.70. The van der Waals surface area contributed by atoms with Crippen LogP contribution in [0.25, 0.3) is 0 Å². The minimum Gasteiger partial charge on any atom is -0.391 e. The van der Waals surface area contributed by atoms with E-state index >= 15 is 0 Å². The average Bonchev–Trinajstić information content (AvgIpc) is 2.81. The van der Waals surface area contributed by atoms with E-state index in [4.69, 9.17) is 5.11 Å². The molecule has 2 heterocycles. The van der Waals surface area contributed by atoms with E-state index in [1.807, 2.05) is 0 Å². The molecule has 2 rings (SSSR count). The number of anilines is 1. The molecule has 0 aliphatic carbocycles. The van der Waals surface area contributed by atoms with E-state index in [0.29, 0.717) is 10.6 Å². The molecule has 0 unspecified atom stereocenters. The molecule has 96 valence electrons. The summed E-state index contributed by atoms with van der Waals surface area (Å²) in [5, 5.41) is 10.4. The fourth-order valence-electron chi connectivity index (χ4n) is 1.36. The Kier molecular flexibility index (Phi) is 3.65. The molecule has 2 N–H and O–H groups in total. The quantitative estimate of drug-likeness (QED) is 0.896. The Morgan fingerprint density at radius 3 is 2.89 bits per heavy atom. The van der Waals surface area contributed by atoms with Crippen molar-refractivity contribution in [2.45, 2.75) is 18.4 Å². The third kappa shape index (κ3) is 2.69. The lowest BCUT2D eigenvalue weighted by Gasteiger charge is -2.08. The highest BCUT2D eigenvalue weighted by atomic mass is 32.2. The molecule has 2 aromatic heterocycles. The highest BCUT2D eigenvalue weighted by molar-refractivity contribution is 7.92. The summed E-state index contributed by atoms with van der Waals surface area (Å²) in [7, 11) is -3.62. The SMILES string of the molecule is Cc1ccncc1NS(=O)(=O)c1csc(CO)c1. The molecule has 0 radical (unpaired) electrons. The lowest BCUT2D eigenvalue weighted by Crippen LogP contribution is -2.13. The molecule has 0 aromatic carbocycles. The fraction of sp³-hybridized carbons (Fsp3) is 0.182. The van der Waals surface area contributed by atoms with Gasteiger partial charge in [0.1, 0.15) is 0 Å². The molecule has 0 saturated carbocycles.